The smallest absolute Gasteiger partial charge is 0.358 e. The molecule has 9 nitrogen and oxygen atoms in total. The first-order valence-electron chi connectivity index (χ1n) is 9.61. The number of carbonyl (C=O) groups excluding carboxylic acids is 2. The quantitative estimate of drug-likeness (QED) is 0.482. The van der Waals surface area contributed by atoms with E-state index in [0.717, 1.165) is 0 Å². The van der Waals surface area contributed by atoms with Gasteiger partial charge in [0.2, 0.25) is 15.9 Å². The predicted molar refractivity (Wildman–Crippen MR) is 119 cm³/mol. The van der Waals surface area contributed by atoms with Gasteiger partial charge in [0.25, 0.3) is 0 Å². The van der Waals surface area contributed by atoms with Gasteiger partial charge in [-0.25, -0.2) is 17.9 Å². The van der Waals surface area contributed by atoms with Gasteiger partial charge in [-0.3, -0.25) is 4.79 Å². The van der Waals surface area contributed by atoms with Crippen LogP contribution in [0.3, 0.4) is 0 Å². The summed E-state index contributed by atoms with van der Waals surface area (Å²) in [7, 11) is -3.90. The van der Waals surface area contributed by atoms with Crippen molar-refractivity contribution in [2.75, 3.05) is 11.9 Å². The van der Waals surface area contributed by atoms with Crippen molar-refractivity contribution in [3.63, 3.8) is 0 Å². The highest BCUT2D eigenvalue weighted by Crippen LogP contribution is 2.17. The zero-order chi connectivity index (χ0) is 23.3. The number of benzene rings is 2. The van der Waals surface area contributed by atoms with E-state index in [-0.39, 0.29) is 17.2 Å². The molecule has 11 heteroatoms. The maximum absolute atomic E-state index is 12.5. The van der Waals surface area contributed by atoms with Crippen molar-refractivity contribution in [2.45, 2.75) is 24.8 Å². The lowest BCUT2D eigenvalue weighted by Crippen LogP contribution is -2.41. The normalized spacial score (nSPS) is 12.2. The Bertz CT molecular complexity index is 1220. The molecule has 0 aliphatic rings. The fourth-order valence-corrected chi connectivity index (χ4v) is 4.06. The number of carbonyl (C=O) groups is 2. The van der Waals surface area contributed by atoms with Crippen LogP contribution < -0.4 is 10.0 Å². The number of hydrogen-bond acceptors (Lipinski definition) is 6. The molecule has 0 saturated heterocycles. The zero-order valence-electron chi connectivity index (χ0n) is 17.3. The Labute approximate surface area is 190 Å². The second kappa shape index (κ2) is 9.94. The molecule has 0 fully saturated rings. The second-order valence-corrected chi connectivity index (χ2v) is 8.85. The predicted octanol–water partition coefficient (Wildman–Crippen LogP) is 3.01. The third kappa shape index (κ3) is 5.72. The molecule has 2 aromatic carbocycles. The van der Waals surface area contributed by atoms with E-state index in [1.165, 1.54) is 41.9 Å². The topological polar surface area (TPSA) is 119 Å². The fourth-order valence-electron chi connectivity index (χ4n) is 2.73. The average Bonchev–Trinajstić information content (AvgIpc) is 3.24. The highest BCUT2D eigenvalue weighted by Gasteiger charge is 2.22. The lowest BCUT2D eigenvalue weighted by atomic mass is 10.2. The summed E-state index contributed by atoms with van der Waals surface area (Å²) < 4.78 is 33.7. The molecule has 0 saturated carbocycles. The SMILES string of the molecule is CCOC(=O)c1ccn(-c2cccc(NC(=O)[C@H](C)NS(=O)(=O)c3ccc(Cl)cc3)c2)n1. The molecule has 0 unspecified atom stereocenters. The Hall–Kier alpha value is -3.21. The van der Waals surface area contributed by atoms with E-state index >= 15 is 0 Å². The average molecular weight is 477 g/mol. The molecule has 0 bridgehead atoms. The Morgan fingerprint density at radius 3 is 2.56 bits per heavy atom. The van der Waals surface area contributed by atoms with Gasteiger partial charge < -0.3 is 10.1 Å². The van der Waals surface area contributed by atoms with Crippen LogP contribution in [0.4, 0.5) is 5.69 Å². The molecule has 1 atom stereocenters. The Morgan fingerprint density at radius 2 is 1.88 bits per heavy atom. The monoisotopic (exact) mass is 476 g/mol. The molecule has 0 aliphatic carbocycles. The molecule has 32 heavy (non-hydrogen) atoms. The summed E-state index contributed by atoms with van der Waals surface area (Å²) in [6.07, 6.45) is 1.59. The Balaban J connectivity index is 1.69. The Kier molecular flexibility index (Phi) is 7.29. The van der Waals surface area contributed by atoms with Gasteiger partial charge in [-0.1, -0.05) is 17.7 Å². The van der Waals surface area contributed by atoms with Gasteiger partial charge in [-0.15, -0.1) is 0 Å². The fraction of sp³-hybridized carbons (Fsp3) is 0.190. The van der Waals surface area contributed by atoms with E-state index in [0.29, 0.717) is 16.4 Å². The number of ether oxygens (including phenoxy) is 1. The molecular weight excluding hydrogens is 456 g/mol. The minimum Gasteiger partial charge on any atom is -0.461 e. The van der Waals surface area contributed by atoms with E-state index in [4.69, 9.17) is 16.3 Å². The van der Waals surface area contributed by atoms with Crippen LogP contribution in [0.25, 0.3) is 5.69 Å². The molecule has 0 radical (unpaired) electrons. The maximum atomic E-state index is 12.5. The van der Waals surface area contributed by atoms with E-state index in [1.54, 1.807) is 37.4 Å². The van der Waals surface area contributed by atoms with E-state index in [9.17, 15) is 18.0 Å². The summed E-state index contributed by atoms with van der Waals surface area (Å²) in [6, 6.07) is 12.8. The minimum atomic E-state index is -3.90. The summed E-state index contributed by atoms with van der Waals surface area (Å²) in [4.78, 5) is 24.3. The lowest BCUT2D eigenvalue weighted by molar-refractivity contribution is -0.117. The minimum absolute atomic E-state index is 0.000339. The van der Waals surface area contributed by atoms with E-state index < -0.39 is 27.9 Å². The molecule has 0 aliphatic heterocycles. The number of anilines is 1. The standard InChI is InChI=1S/C21H21ClN4O5S/c1-3-31-21(28)19-11-12-26(24-19)17-6-4-5-16(13-17)23-20(27)14(2)25-32(29,30)18-9-7-15(22)8-10-18/h4-14,25H,3H2,1-2H3,(H,23,27)/t14-/m0/s1. The largest absolute Gasteiger partial charge is 0.461 e. The first kappa shape index (κ1) is 23.5. The Morgan fingerprint density at radius 1 is 1.16 bits per heavy atom. The highest BCUT2D eigenvalue weighted by atomic mass is 35.5. The van der Waals surface area contributed by atoms with Gasteiger partial charge in [0.15, 0.2) is 5.69 Å². The van der Waals surface area contributed by atoms with Gasteiger partial charge in [0.05, 0.1) is 23.2 Å². The van der Waals surface area contributed by atoms with Crippen molar-refractivity contribution >= 4 is 39.2 Å². The van der Waals surface area contributed by atoms with Crippen LogP contribution in [0.15, 0.2) is 65.7 Å². The molecule has 1 heterocycles. The second-order valence-electron chi connectivity index (χ2n) is 6.70. The number of esters is 1. The van der Waals surface area contributed by atoms with Crippen LogP contribution >= 0.6 is 11.6 Å². The molecular formula is C21H21ClN4O5S. The summed E-state index contributed by atoms with van der Waals surface area (Å²) in [5.41, 5.74) is 1.18. The molecule has 3 rings (SSSR count). The van der Waals surface area contributed by atoms with Crippen LogP contribution in [0.2, 0.25) is 5.02 Å². The maximum Gasteiger partial charge on any atom is 0.358 e. The first-order valence-corrected chi connectivity index (χ1v) is 11.5. The zero-order valence-corrected chi connectivity index (χ0v) is 18.9. The molecule has 0 spiro atoms. The number of amides is 1. The van der Waals surface area contributed by atoms with Crippen molar-refractivity contribution in [2.24, 2.45) is 0 Å². The van der Waals surface area contributed by atoms with E-state index in [1.807, 2.05) is 0 Å². The molecule has 168 valence electrons. The van der Waals surface area contributed by atoms with Crippen molar-refractivity contribution in [3.8, 4) is 5.69 Å². The van der Waals surface area contributed by atoms with Crippen LogP contribution in [-0.2, 0) is 19.6 Å². The number of halogens is 1. The van der Waals surface area contributed by atoms with Crippen molar-refractivity contribution in [1.82, 2.24) is 14.5 Å². The van der Waals surface area contributed by atoms with Gasteiger partial charge >= 0.3 is 5.97 Å². The summed E-state index contributed by atoms with van der Waals surface area (Å²) in [5, 5.41) is 7.24. The van der Waals surface area contributed by atoms with Crippen LogP contribution in [0.5, 0.6) is 0 Å². The first-order chi connectivity index (χ1) is 15.2. The van der Waals surface area contributed by atoms with Crippen molar-refractivity contribution in [3.05, 3.63) is 71.5 Å². The van der Waals surface area contributed by atoms with Crippen LogP contribution in [0, 0.1) is 0 Å². The van der Waals surface area contributed by atoms with Gasteiger partial charge in [-0.05, 0) is 62.4 Å². The summed E-state index contributed by atoms with van der Waals surface area (Å²) in [5.74, 6) is -1.08. The third-order valence-corrected chi connectivity index (χ3v) is 6.11. The van der Waals surface area contributed by atoms with Crippen molar-refractivity contribution in [1.29, 1.82) is 0 Å². The molecule has 1 amide bonds. The summed E-state index contributed by atoms with van der Waals surface area (Å²) >= 11 is 5.79. The van der Waals surface area contributed by atoms with Crippen molar-refractivity contribution < 1.29 is 22.7 Å². The summed E-state index contributed by atoms with van der Waals surface area (Å²) in [6.45, 7) is 3.39. The van der Waals surface area contributed by atoms with Gasteiger partial charge in [0, 0.05) is 16.9 Å². The van der Waals surface area contributed by atoms with Gasteiger partial charge in [0.1, 0.15) is 0 Å². The number of nitrogens with one attached hydrogen (secondary N) is 2. The highest BCUT2D eigenvalue weighted by molar-refractivity contribution is 7.89. The molecule has 1 aromatic heterocycles. The number of hydrogen-bond donors (Lipinski definition) is 2. The van der Waals surface area contributed by atoms with Crippen LogP contribution in [0.1, 0.15) is 24.3 Å². The molecule has 3 aromatic rings. The lowest BCUT2D eigenvalue weighted by Gasteiger charge is -2.15. The number of rotatable bonds is 8. The van der Waals surface area contributed by atoms with Crippen LogP contribution in [-0.4, -0.2) is 42.7 Å². The van der Waals surface area contributed by atoms with E-state index in [2.05, 4.69) is 15.1 Å². The number of nitrogens with zero attached hydrogens (tertiary/aromatic N) is 2. The van der Waals surface area contributed by atoms with Gasteiger partial charge in [-0.2, -0.15) is 9.82 Å². The number of sulfonamides is 1. The number of aromatic nitrogens is 2. The third-order valence-electron chi connectivity index (χ3n) is 4.30. The molecule has 2 N–H and O–H groups in total.